The second-order valence-electron chi connectivity index (χ2n) is 3.04. The molecule has 5 nitrogen and oxygen atoms in total. The summed E-state index contributed by atoms with van der Waals surface area (Å²) in [6, 6.07) is 7.40. The first-order valence-corrected chi connectivity index (χ1v) is 6.48. The Kier molecular flexibility index (Phi) is 3.29. The van der Waals surface area contributed by atoms with Crippen LogP contribution in [0.15, 0.2) is 30.3 Å². The molecule has 0 amide bonds. The quantitative estimate of drug-likeness (QED) is 0.616. The van der Waals surface area contributed by atoms with E-state index in [4.69, 9.17) is 9.11 Å². The smallest absolute Gasteiger partial charge is 0.289 e. The van der Waals surface area contributed by atoms with Crippen molar-refractivity contribution >= 4 is 21.2 Å². The molecule has 0 aliphatic rings. The maximum atomic E-state index is 11.1. The molecule has 0 radical (unpaired) electrons. The fraction of sp³-hybridized carbons (Fsp3) is 0.250. The number of hydrogen-bond donors (Lipinski definition) is 2. The first-order valence-electron chi connectivity index (χ1n) is 3.93. The zero-order valence-electron chi connectivity index (χ0n) is 7.82. The van der Waals surface area contributed by atoms with Crippen LogP contribution in [0.3, 0.4) is 0 Å². The van der Waals surface area contributed by atoms with Gasteiger partial charge in [0.1, 0.15) is 0 Å². The molecule has 1 aromatic rings. The van der Waals surface area contributed by atoms with Gasteiger partial charge in [0.05, 0.1) is 0 Å². The molecule has 7 heteroatoms. The Morgan fingerprint density at radius 3 is 2.07 bits per heavy atom. The van der Waals surface area contributed by atoms with Crippen LogP contribution < -0.4 is 0 Å². The van der Waals surface area contributed by atoms with Crippen LogP contribution in [0.25, 0.3) is 0 Å². The third-order valence-electron chi connectivity index (χ3n) is 2.12. The van der Waals surface area contributed by atoms with Gasteiger partial charge in [-0.25, -0.2) is 4.21 Å². The molecular weight excluding hydrogens is 240 g/mol. The first kappa shape index (κ1) is 12.3. The lowest BCUT2D eigenvalue weighted by atomic mass is 10.2. The molecule has 2 N–H and O–H groups in total. The normalized spacial score (nSPS) is 18.1. The van der Waals surface area contributed by atoms with E-state index >= 15 is 0 Å². The summed E-state index contributed by atoms with van der Waals surface area (Å²) in [4.78, 5) is 0. The van der Waals surface area contributed by atoms with E-state index < -0.39 is 25.3 Å². The summed E-state index contributed by atoms with van der Waals surface area (Å²) in [6.45, 7) is 0.994. The van der Waals surface area contributed by atoms with Crippen LogP contribution in [0.4, 0.5) is 0 Å². The summed E-state index contributed by atoms with van der Waals surface area (Å²) in [5.41, 5.74) is 0.0633. The zero-order chi connectivity index (χ0) is 11.7. The zero-order valence-corrected chi connectivity index (χ0v) is 9.46. The summed E-state index contributed by atoms with van der Waals surface area (Å²) >= 11 is -2.73. The summed E-state index contributed by atoms with van der Waals surface area (Å²) < 4.78 is 49.0. The fourth-order valence-electron chi connectivity index (χ4n) is 1.08. The Hall–Kier alpha value is -0.760. The Morgan fingerprint density at radius 1 is 1.27 bits per heavy atom. The molecule has 0 saturated heterocycles. The third kappa shape index (κ3) is 2.10. The van der Waals surface area contributed by atoms with Crippen molar-refractivity contribution in [2.75, 3.05) is 0 Å². The van der Waals surface area contributed by atoms with Crippen LogP contribution in [0.5, 0.6) is 0 Å². The van der Waals surface area contributed by atoms with Crippen molar-refractivity contribution in [3.63, 3.8) is 0 Å². The van der Waals surface area contributed by atoms with E-state index in [1.165, 1.54) is 24.3 Å². The highest BCUT2D eigenvalue weighted by atomic mass is 32.3. The molecule has 2 atom stereocenters. The number of rotatable bonds is 3. The molecule has 1 rings (SSSR count). The van der Waals surface area contributed by atoms with E-state index in [1.54, 1.807) is 6.07 Å². The van der Waals surface area contributed by atoms with Gasteiger partial charge in [-0.05, 0) is 12.5 Å². The molecule has 15 heavy (non-hydrogen) atoms. The minimum atomic E-state index is -4.67. The van der Waals surface area contributed by atoms with E-state index in [2.05, 4.69) is 0 Å². The summed E-state index contributed by atoms with van der Waals surface area (Å²) in [5.74, 6) is 0. The van der Waals surface area contributed by atoms with Crippen molar-refractivity contribution in [1.82, 2.24) is 0 Å². The summed E-state index contributed by atoms with van der Waals surface area (Å²) in [7, 11) is -4.67. The highest BCUT2D eigenvalue weighted by molar-refractivity contribution is 8.01. The van der Waals surface area contributed by atoms with Gasteiger partial charge in [0, 0.05) is 0 Å². The van der Waals surface area contributed by atoms with Gasteiger partial charge in [-0.15, -0.1) is 0 Å². The average Bonchev–Trinajstić information content (AvgIpc) is 2.16. The monoisotopic (exact) mass is 250 g/mol. The maximum absolute atomic E-state index is 11.1. The topological polar surface area (TPSA) is 91.7 Å². The molecule has 2 unspecified atom stereocenters. The minimum Gasteiger partial charge on any atom is -0.305 e. The summed E-state index contributed by atoms with van der Waals surface area (Å²) in [6.07, 6.45) is 0. The maximum Gasteiger partial charge on any atom is 0.289 e. The average molecular weight is 250 g/mol. The minimum absolute atomic E-state index is 0.0633. The van der Waals surface area contributed by atoms with Crippen LogP contribution in [-0.2, 0) is 25.3 Å². The van der Waals surface area contributed by atoms with Crippen molar-refractivity contribution in [1.29, 1.82) is 0 Å². The number of hydrogen-bond acceptors (Lipinski definition) is 3. The first-order chi connectivity index (χ1) is 6.80. The molecule has 0 bridgehead atoms. The van der Waals surface area contributed by atoms with Gasteiger partial charge in [-0.3, -0.25) is 4.55 Å². The van der Waals surface area contributed by atoms with Gasteiger partial charge in [-0.1, -0.05) is 30.3 Å². The molecule has 0 aliphatic heterocycles. The lowest BCUT2D eigenvalue weighted by molar-refractivity contribution is 0.455. The SMILES string of the molecule is CC(c1ccccc1)(S(=O)O)S(=O)(=O)O. The van der Waals surface area contributed by atoms with Gasteiger partial charge in [0.25, 0.3) is 10.1 Å². The third-order valence-corrected chi connectivity index (χ3v) is 5.31. The molecule has 0 fully saturated rings. The molecular formula is C8H10O5S2. The molecule has 84 valence electrons. The van der Waals surface area contributed by atoms with E-state index in [-0.39, 0.29) is 5.56 Å². The van der Waals surface area contributed by atoms with Crippen molar-refractivity contribution < 1.29 is 21.7 Å². The Bertz CT molecular complexity index is 467. The lowest BCUT2D eigenvalue weighted by Gasteiger charge is -2.22. The molecule has 1 aromatic carbocycles. The van der Waals surface area contributed by atoms with E-state index in [9.17, 15) is 12.6 Å². The molecule has 0 heterocycles. The number of benzene rings is 1. The Balaban J connectivity index is 3.46. The molecule has 0 aromatic heterocycles. The lowest BCUT2D eigenvalue weighted by Crippen LogP contribution is -2.36. The van der Waals surface area contributed by atoms with Gasteiger partial charge in [0.2, 0.25) is 4.08 Å². The predicted octanol–water partition coefficient (Wildman–Crippen LogP) is 0.969. The van der Waals surface area contributed by atoms with E-state index in [0.29, 0.717) is 0 Å². The van der Waals surface area contributed by atoms with Crippen molar-refractivity contribution in [2.24, 2.45) is 0 Å². The van der Waals surface area contributed by atoms with Crippen LogP contribution >= 0.6 is 0 Å². The second-order valence-corrected chi connectivity index (χ2v) is 6.38. The molecule has 0 spiro atoms. The van der Waals surface area contributed by atoms with Crippen LogP contribution in [0, 0.1) is 0 Å². The summed E-state index contributed by atoms with van der Waals surface area (Å²) in [5, 5.41) is 0. The Labute approximate surface area is 90.2 Å². The predicted molar refractivity (Wildman–Crippen MR) is 56.1 cm³/mol. The van der Waals surface area contributed by atoms with E-state index in [1.807, 2.05) is 0 Å². The molecule has 0 saturated carbocycles. The van der Waals surface area contributed by atoms with Gasteiger partial charge < -0.3 is 4.55 Å². The van der Waals surface area contributed by atoms with Crippen molar-refractivity contribution in [2.45, 2.75) is 11.0 Å². The van der Waals surface area contributed by atoms with Crippen molar-refractivity contribution in [3.8, 4) is 0 Å². The van der Waals surface area contributed by atoms with Crippen LogP contribution in [-0.4, -0.2) is 21.7 Å². The standard InChI is InChI=1S/C8H10O5S2/c1-8(14(9)10,15(11,12)13)7-5-3-2-4-6-7/h2-6H,1H3,(H,9,10)(H,11,12,13). The highest BCUT2D eigenvalue weighted by Gasteiger charge is 2.46. The van der Waals surface area contributed by atoms with Crippen LogP contribution in [0.1, 0.15) is 12.5 Å². The molecule has 0 aliphatic carbocycles. The van der Waals surface area contributed by atoms with Gasteiger partial charge >= 0.3 is 0 Å². The second kappa shape index (κ2) is 4.01. The largest absolute Gasteiger partial charge is 0.305 e. The van der Waals surface area contributed by atoms with Crippen LogP contribution in [0.2, 0.25) is 0 Å². The Morgan fingerprint density at radius 2 is 1.73 bits per heavy atom. The fourth-order valence-corrected chi connectivity index (χ4v) is 2.57. The van der Waals surface area contributed by atoms with Gasteiger partial charge in [0.15, 0.2) is 11.1 Å². The van der Waals surface area contributed by atoms with E-state index in [0.717, 1.165) is 6.92 Å². The van der Waals surface area contributed by atoms with Gasteiger partial charge in [-0.2, -0.15) is 8.42 Å². The highest BCUT2D eigenvalue weighted by Crippen LogP contribution is 2.31. The van der Waals surface area contributed by atoms with Crippen molar-refractivity contribution in [3.05, 3.63) is 35.9 Å².